The summed E-state index contributed by atoms with van der Waals surface area (Å²) in [6.07, 6.45) is 0.405. The zero-order chi connectivity index (χ0) is 13.1. The Bertz CT molecular complexity index is 571. The number of carbonyl (C=O) groups is 1. The monoisotopic (exact) mass is 266 g/mol. The number of amides is 1. The number of pyridine rings is 1. The number of thiophene rings is 1. The van der Waals surface area contributed by atoms with Crippen molar-refractivity contribution in [3.63, 3.8) is 0 Å². The molecule has 0 saturated heterocycles. The summed E-state index contributed by atoms with van der Waals surface area (Å²) in [5.74, 6) is -0.520. The van der Waals surface area contributed by atoms with Crippen LogP contribution in [0.5, 0.6) is 0 Å². The summed E-state index contributed by atoms with van der Waals surface area (Å²) in [6.45, 7) is 0.294. The van der Waals surface area contributed by atoms with Gasteiger partial charge >= 0.3 is 6.09 Å². The van der Waals surface area contributed by atoms with Crippen LogP contribution in [0.15, 0.2) is 29.8 Å². The number of halogens is 1. The average molecular weight is 266 g/mol. The third-order valence-corrected chi connectivity index (χ3v) is 3.36. The van der Waals surface area contributed by atoms with Gasteiger partial charge < -0.3 is 10.0 Å². The Morgan fingerprint density at radius 3 is 3.06 bits per heavy atom. The lowest BCUT2D eigenvalue weighted by molar-refractivity contribution is 0.154. The van der Waals surface area contributed by atoms with Gasteiger partial charge in [-0.15, -0.1) is 11.3 Å². The maximum Gasteiger partial charge on any atom is 0.407 e. The number of rotatable bonds is 3. The molecule has 1 N–H and O–H groups in total. The van der Waals surface area contributed by atoms with Gasteiger partial charge in [0.2, 0.25) is 5.95 Å². The van der Waals surface area contributed by atoms with E-state index in [4.69, 9.17) is 5.11 Å². The topological polar surface area (TPSA) is 53.4 Å². The highest BCUT2D eigenvalue weighted by molar-refractivity contribution is 7.10. The van der Waals surface area contributed by atoms with E-state index in [9.17, 15) is 9.18 Å². The van der Waals surface area contributed by atoms with Crippen molar-refractivity contribution >= 4 is 17.4 Å². The van der Waals surface area contributed by atoms with E-state index in [0.717, 1.165) is 10.4 Å². The molecule has 0 aliphatic rings. The largest absolute Gasteiger partial charge is 0.465 e. The van der Waals surface area contributed by atoms with Crippen molar-refractivity contribution in [2.24, 2.45) is 0 Å². The van der Waals surface area contributed by atoms with Crippen LogP contribution in [0.25, 0.3) is 11.1 Å². The molecule has 0 bridgehead atoms. The van der Waals surface area contributed by atoms with E-state index in [1.807, 2.05) is 0 Å². The predicted octanol–water partition coefficient (Wildman–Crippen LogP) is 3.06. The van der Waals surface area contributed by atoms with Gasteiger partial charge in [-0.25, -0.2) is 9.78 Å². The van der Waals surface area contributed by atoms with E-state index in [1.54, 1.807) is 23.6 Å². The fourth-order valence-corrected chi connectivity index (χ4v) is 2.44. The van der Waals surface area contributed by atoms with Gasteiger partial charge in [-0.3, -0.25) is 0 Å². The van der Waals surface area contributed by atoms with E-state index in [1.165, 1.54) is 29.5 Å². The van der Waals surface area contributed by atoms with Gasteiger partial charge in [0, 0.05) is 23.7 Å². The lowest BCUT2D eigenvalue weighted by atomic mass is 10.1. The molecule has 18 heavy (non-hydrogen) atoms. The van der Waals surface area contributed by atoms with Crippen LogP contribution >= 0.6 is 11.3 Å². The van der Waals surface area contributed by atoms with Crippen LogP contribution in [0.2, 0.25) is 0 Å². The number of aromatic nitrogens is 1. The second-order valence-corrected chi connectivity index (χ2v) is 4.78. The molecule has 94 valence electrons. The van der Waals surface area contributed by atoms with E-state index in [-0.39, 0.29) is 0 Å². The summed E-state index contributed by atoms with van der Waals surface area (Å²) >= 11 is 1.40. The van der Waals surface area contributed by atoms with Crippen LogP contribution in [-0.2, 0) is 6.54 Å². The molecule has 0 aliphatic carbocycles. The molecule has 2 heterocycles. The molecule has 0 aliphatic heterocycles. The van der Waals surface area contributed by atoms with Gasteiger partial charge in [-0.05, 0) is 29.1 Å². The van der Waals surface area contributed by atoms with Gasteiger partial charge in [-0.2, -0.15) is 4.39 Å². The number of hydrogen-bond acceptors (Lipinski definition) is 3. The molecular weight excluding hydrogens is 255 g/mol. The molecule has 0 fully saturated rings. The first kappa shape index (κ1) is 12.5. The minimum Gasteiger partial charge on any atom is -0.465 e. The highest BCUT2D eigenvalue weighted by Crippen LogP contribution is 2.27. The first-order valence-electron chi connectivity index (χ1n) is 5.20. The Labute approximate surface area is 107 Å². The van der Waals surface area contributed by atoms with Crippen molar-refractivity contribution in [2.45, 2.75) is 6.54 Å². The molecule has 0 radical (unpaired) electrons. The Balaban J connectivity index is 2.21. The second kappa shape index (κ2) is 5.14. The van der Waals surface area contributed by atoms with Crippen molar-refractivity contribution in [1.82, 2.24) is 9.88 Å². The van der Waals surface area contributed by atoms with Gasteiger partial charge in [-0.1, -0.05) is 0 Å². The Hall–Kier alpha value is -1.95. The second-order valence-electron chi connectivity index (χ2n) is 3.78. The first-order chi connectivity index (χ1) is 8.58. The zero-order valence-corrected chi connectivity index (χ0v) is 10.4. The third kappa shape index (κ3) is 2.65. The Morgan fingerprint density at radius 2 is 2.39 bits per heavy atom. The normalized spacial score (nSPS) is 10.3. The van der Waals surface area contributed by atoms with E-state index in [0.29, 0.717) is 12.1 Å². The van der Waals surface area contributed by atoms with Gasteiger partial charge in [0.25, 0.3) is 0 Å². The van der Waals surface area contributed by atoms with Gasteiger partial charge in [0.1, 0.15) is 0 Å². The molecular formula is C12H11FN2O2S. The zero-order valence-electron chi connectivity index (χ0n) is 9.63. The van der Waals surface area contributed by atoms with Gasteiger partial charge in [0.05, 0.1) is 6.54 Å². The molecule has 4 nitrogen and oxygen atoms in total. The highest BCUT2D eigenvalue weighted by Gasteiger charge is 2.11. The standard InChI is InChI=1S/C12H11FN2O2S/c1-15(12(16)17)6-9-5-8(7-18-9)10-3-2-4-14-11(10)13/h2-5,7H,6H2,1H3,(H,16,17). The smallest absolute Gasteiger partial charge is 0.407 e. The van der Waals surface area contributed by atoms with Crippen molar-refractivity contribution in [2.75, 3.05) is 7.05 Å². The predicted molar refractivity (Wildman–Crippen MR) is 67.0 cm³/mol. The van der Waals surface area contributed by atoms with E-state index >= 15 is 0 Å². The molecule has 2 aromatic heterocycles. The molecule has 0 aromatic carbocycles. The minimum absolute atomic E-state index is 0.294. The summed E-state index contributed by atoms with van der Waals surface area (Å²) in [5, 5.41) is 10.6. The van der Waals surface area contributed by atoms with Crippen molar-refractivity contribution < 1.29 is 14.3 Å². The van der Waals surface area contributed by atoms with Crippen molar-refractivity contribution in [3.05, 3.63) is 40.6 Å². The van der Waals surface area contributed by atoms with Crippen LogP contribution in [0.1, 0.15) is 4.88 Å². The first-order valence-corrected chi connectivity index (χ1v) is 6.08. The van der Waals surface area contributed by atoms with Crippen molar-refractivity contribution in [3.8, 4) is 11.1 Å². The SMILES string of the molecule is CN(Cc1cc(-c2cccnc2F)cs1)C(=O)O. The Kier molecular flexibility index (Phi) is 3.57. The summed E-state index contributed by atoms with van der Waals surface area (Å²) < 4.78 is 13.5. The number of carboxylic acid groups (broad SMARTS) is 1. The summed E-state index contributed by atoms with van der Waals surface area (Å²) in [5.41, 5.74) is 1.15. The van der Waals surface area contributed by atoms with E-state index in [2.05, 4.69) is 4.98 Å². The molecule has 2 rings (SSSR count). The van der Waals surface area contributed by atoms with Gasteiger partial charge in [0.15, 0.2) is 0 Å². The maximum atomic E-state index is 13.5. The lowest BCUT2D eigenvalue weighted by Gasteiger charge is -2.10. The molecule has 1 amide bonds. The maximum absolute atomic E-state index is 13.5. The molecule has 0 saturated carbocycles. The number of hydrogen-bond donors (Lipinski definition) is 1. The lowest BCUT2D eigenvalue weighted by Crippen LogP contribution is -2.23. The average Bonchev–Trinajstić information content (AvgIpc) is 2.77. The quantitative estimate of drug-likeness (QED) is 0.869. The third-order valence-electron chi connectivity index (χ3n) is 2.44. The molecule has 0 spiro atoms. The highest BCUT2D eigenvalue weighted by atomic mass is 32.1. The summed E-state index contributed by atoms with van der Waals surface area (Å²) in [7, 11) is 1.49. The number of nitrogens with zero attached hydrogens (tertiary/aromatic N) is 2. The molecule has 0 unspecified atom stereocenters. The molecule has 6 heteroatoms. The molecule has 0 atom stereocenters. The van der Waals surface area contributed by atoms with Crippen LogP contribution in [-0.4, -0.2) is 28.1 Å². The fourth-order valence-electron chi connectivity index (χ4n) is 1.51. The summed E-state index contributed by atoms with van der Waals surface area (Å²) in [6, 6.07) is 5.10. The minimum atomic E-state index is -0.988. The van der Waals surface area contributed by atoms with E-state index < -0.39 is 12.0 Å². The van der Waals surface area contributed by atoms with Crippen LogP contribution in [0, 0.1) is 5.95 Å². The van der Waals surface area contributed by atoms with Crippen LogP contribution in [0.3, 0.4) is 0 Å². The molecule has 2 aromatic rings. The fraction of sp³-hybridized carbons (Fsp3) is 0.167. The van der Waals surface area contributed by atoms with Crippen LogP contribution in [0.4, 0.5) is 9.18 Å². The van der Waals surface area contributed by atoms with Crippen LogP contribution < -0.4 is 0 Å². The Morgan fingerprint density at radius 1 is 1.61 bits per heavy atom. The van der Waals surface area contributed by atoms with Crippen molar-refractivity contribution in [1.29, 1.82) is 0 Å². The summed E-state index contributed by atoms with van der Waals surface area (Å²) in [4.78, 5) is 16.3.